The molecule has 132 valence electrons. The summed E-state index contributed by atoms with van der Waals surface area (Å²) in [5.74, 6) is 0. The van der Waals surface area contributed by atoms with E-state index in [2.05, 4.69) is 98.3 Å². The minimum absolute atomic E-state index is 1.08. The summed E-state index contributed by atoms with van der Waals surface area (Å²) in [4.78, 5) is 4.31. The predicted octanol–water partition coefficient (Wildman–Crippen LogP) is 7.20. The molecule has 1 aromatic heterocycles. The van der Waals surface area contributed by atoms with Crippen LogP contribution < -0.4 is 0 Å². The highest BCUT2D eigenvalue weighted by atomic mass is 79.9. The van der Waals surface area contributed by atoms with Crippen LogP contribution in [0.5, 0.6) is 0 Å². The van der Waals surface area contributed by atoms with E-state index >= 15 is 0 Å². The predicted molar refractivity (Wildman–Crippen MR) is 120 cm³/mol. The molecule has 6 rings (SSSR count). The molecule has 0 bridgehead atoms. The van der Waals surface area contributed by atoms with Crippen LogP contribution in [0, 0.1) is 0 Å². The third-order valence-corrected chi connectivity index (χ3v) is 6.07. The summed E-state index contributed by atoms with van der Waals surface area (Å²) in [6, 6.07) is 26.3. The number of imidazole rings is 1. The van der Waals surface area contributed by atoms with Crippen molar-refractivity contribution in [3.63, 3.8) is 0 Å². The molecule has 0 unspecified atom stereocenters. The second-order valence-electron chi connectivity index (χ2n) is 7.11. The Morgan fingerprint density at radius 2 is 1.50 bits per heavy atom. The van der Waals surface area contributed by atoms with Crippen LogP contribution in [0.1, 0.15) is 0 Å². The normalized spacial score (nSPS) is 11.8. The van der Waals surface area contributed by atoms with E-state index < -0.39 is 0 Å². The van der Waals surface area contributed by atoms with E-state index in [1.807, 2.05) is 18.7 Å². The first-order chi connectivity index (χ1) is 13.8. The molecule has 0 radical (unpaired) electrons. The highest BCUT2D eigenvalue weighted by Gasteiger charge is 2.17. The van der Waals surface area contributed by atoms with Gasteiger partial charge in [-0.1, -0.05) is 70.5 Å². The van der Waals surface area contributed by atoms with E-state index in [0.717, 1.165) is 4.47 Å². The van der Waals surface area contributed by atoms with Crippen LogP contribution in [0.15, 0.2) is 96.0 Å². The van der Waals surface area contributed by atoms with Crippen LogP contribution in [-0.2, 0) is 0 Å². The molecule has 0 aliphatic carbocycles. The summed E-state index contributed by atoms with van der Waals surface area (Å²) in [6.07, 6.45) is 5.74. The molecule has 0 saturated heterocycles. The van der Waals surface area contributed by atoms with Crippen LogP contribution in [0.3, 0.4) is 0 Å². The van der Waals surface area contributed by atoms with E-state index in [-0.39, 0.29) is 0 Å². The Kier molecular flexibility index (Phi) is 3.35. The Morgan fingerprint density at radius 1 is 0.750 bits per heavy atom. The van der Waals surface area contributed by atoms with Crippen LogP contribution in [0.4, 0.5) is 0 Å². The Hall–Kier alpha value is -3.17. The molecule has 6 aromatic rings. The fourth-order valence-electron chi connectivity index (χ4n) is 4.31. The second kappa shape index (κ2) is 5.91. The molecular formula is C25H15BrN2. The van der Waals surface area contributed by atoms with Crippen molar-refractivity contribution in [3.05, 3.63) is 96.0 Å². The number of aromatic nitrogens is 2. The summed E-state index contributed by atoms with van der Waals surface area (Å²) in [5, 5.41) is 7.73. The molecule has 0 N–H and O–H groups in total. The van der Waals surface area contributed by atoms with Crippen molar-refractivity contribution in [1.82, 2.24) is 9.55 Å². The van der Waals surface area contributed by atoms with Gasteiger partial charge >= 0.3 is 0 Å². The SMILES string of the molecule is Brc1ccc(-c2cc3ccc4cccc5ccc(c2-n2ccnc2)c3c45)cc1. The number of benzene rings is 5. The summed E-state index contributed by atoms with van der Waals surface area (Å²) < 4.78 is 3.21. The molecule has 0 spiro atoms. The van der Waals surface area contributed by atoms with Crippen molar-refractivity contribution >= 4 is 48.2 Å². The quantitative estimate of drug-likeness (QED) is 0.269. The van der Waals surface area contributed by atoms with Gasteiger partial charge in [0.2, 0.25) is 0 Å². The van der Waals surface area contributed by atoms with Gasteiger partial charge in [-0.2, -0.15) is 0 Å². The summed E-state index contributed by atoms with van der Waals surface area (Å²) in [7, 11) is 0. The fourth-order valence-corrected chi connectivity index (χ4v) is 4.58. The van der Waals surface area contributed by atoms with Gasteiger partial charge in [0.25, 0.3) is 0 Å². The Morgan fingerprint density at radius 3 is 2.25 bits per heavy atom. The Balaban J connectivity index is 1.83. The number of rotatable bonds is 2. The maximum atomic E-state index is 4.31. The lowest BCUT2D eigenvalue weighted by atomic mass is 9.89. The topological polar surface area (TPSA) is 17.8 Å². The highest BCUT2D eigenvalue weighted by Crippen LogP contribution is 2.41. The smallest absolute Gasteiger partial charge is 0.0992 e. The molecule has 0 saturated carbocycles. The van der Waals surface area contributed by atoms with Gasteiger partial charge in [-0.05, 0) is 50.7 Å². The van der Waals surface area contributed by atoms with Gasteiger partial charge in [-0.3, -0.25) is 0 Å². The average Bonchev–Trinajstić information content (AvgIpc) is 3.26. The third-order valence-electron chi connectivity index (χ3n) is 5.54. The first-order valence-electron chi connectivity index (χ1n) is 9.24. The van der Waals surface area contributed by atoms with Crippen molar-refractivity contribution in [2.24, 2.45) is 0 Å². The molecule has 0 atom stereocenters. The van der Waals surface area contributed by atoms with E-state index in [0.29, 0.717) is 0 Å². The Labute approximate surface area is 170 Å². The highest BCUT2D eigenvalue weighted by molar-refractivity contribution is 9.10. The van der Waals surface area contributed by atoms with E-state index in [9.17, 15) is 0 Å². The van der Waals surface area contributed by atoms with Gasteiger partial charge in [0.05, 0.1) is 12.0 Å². The van der Waals surface area contributed by atoms with Crippen molar-refractivity contribution in [2.45, 2.75) is 0 Å². The fraction of sp³-hybridized carbons (Fsp3) is 0. The van der Waals surface area contributed by atoms with Crippen LogP contribution in [0.2, 0.25) is 0 Å². The summed E-state index contributed by atoms with van der Waals surface area (Å²) in [6.45, 7) is 0. The number of nitrogens with zero attached hydrogens (tertiary/aromatic N) is 2. The van der Waals surface area contributed by atoms with Crippen molar-refractivity contribution < 1.29 is 0 Å². The van der Waals surface area contributed by atoms with Crippen LogP contribution in [0.25, 0.3) is 49.1 Å². The maximum Gasteiger partial charge on any atom is 0.0992 e. The monoisotopic (exact) mass is 422 g/mol. The number of hydrogen-bond donors (Lipinski definition) is 0. The van der Waals surface area contributed by atoms with Crippen LogP contribution >= 0.6 is 15.9 Å². The van der Waals surface area contributed by atoms with Crippen molar-refractivity contribution in [2.75, 3.05) is 0 Å². The lowest BCUT2D eigenvalue weighted by Gasteiger charge is -2.18. The number of halogens is 1. The maximum absolute atomic E-state index is 4.31. The molecule has 2 nitrogen and oxygen atoms in total. The third kappa shape index (κ3) is 2.23. The van der Waals surface area contributed by atoms with Gasteiger partial charge in [-0.15, -0.1) is 0 Å². The molecule has 3 heteroatoms. The van der Waals surface area contributed by atoms with E-state index in [1.165, 1.54) is 49.1 Å². The largest absolute Gasteiger partial charge is 0.305 e. The van der Waals surface area contributed by atoms with Crippen molar-refractivity contribution in [3.8, 4) is 16.8 Å². The van der Waals surface area contributed by atoms with E-state index in [1.54, 1.807) is 0 Å². The van der Waals surface area contributed by atoms with Gasteiger partial charge in [0.15, 0.2) is 0 Å². The van der Waals surface area contributed by atoms with Gasteiger partial charge in [-0.25, -0.2) is 4.98 Å². The molecule has 0 fully saturated rings. The van der Waals surface area contributed by atoms with Gasteiger partial charge in [0, 0.05) is 27.8 Å². The molecule has 0 aliphatic rings. The summed E-state index contributed by atoms with van der Waals surface area (Å²) >= 11 is 3.55. The van der Waals surface area contributed by atoms with E-state index in [4.69, 9.17) is 0 Å². The lowest BCUT2D eigenvalue weighted by molar-refractivity contribution is 1.07. The molecule has 28 heavy (non-hydrogen) atoms. The van der Waals surface area contributed by atoms with Crippen LogP contribution in [-0.4, -0.2) is 9.55 Å². The van der Waals surface area contributed by atoms with Crippen molar-refractivity contribution in [1.29, 1.82) is 0 Å². The lowest BCUT2D eigenvalue weighted by Crippen LogP contribution is -1.98. The minimum atomic E-state index is 1.08. The average molecular weight is 423 g/mol. The molecule has 1 heterocycles. The van der Waals surface area contributed by atoms with Gasteiger partial charge < -0.3 is 4.57 Å². The first kappa shape index (κ1) is 15.8. The molecule has 0 aliphatic heterocycles. The zero-order valence-electron chi connectivity index (χ0n) is 14.9. The molecule has 0 amide bonds. The standard InChI is InChI=1S/C25H15BrN2/c26-20-9-6-16(7-10-20)22-14-19-5-4-17-2-1-3-18-8-11-21(24(19)23(17)18)25(22)28-13-12-27-15-28/h1-15H. The first-order valence-corrected chi connectivity index (χ1v) is 10.0. The second-order valence-corrected chi connectivity index (χ2v) is 8.02. The molecular weight excluding hydrogens is 408 g/mol. The molecule has 5 aromatic carbocycles. The zero-order valence-corrected chi connectivity index (χ0v) is 16.5. The Bertz CT molecular complexity index is 1430. The zero-order chi connectivity index (χ0) is 18.7. The minimum Gasteiger partial charge on any atom is -0.305 e. The van der Waals surface area contributed by atoms with Gasteiger partial charge in [0.1, 0.15) is 0 Å². The summed E-state index contributed by atoms with van der Waals surface area (Å²) in [5.41, 5.74) is 3.57. The number of hydrogen-bond acceptors (Lipinski definition) is 1.